The summed E-state index contributed by atoms with van der Waals surface area (Å²) in [6, 6.07) is 0. The molecule has 2 N–H and O–H groups in total. The lowest BCUT2D eigenvalue weighted by Gasteiger charge is -2.03. The van der Waals surface area contributed by atoms with Gasteiger partial charge in [-0.2, -0.15) is 0 Å². The summed E-state index contributed by atoms with van der Waals surface area (Å²) in [5.74, 6) is 0.613. The molecule has 0 amide bonds. The second-order valence-electron chi connectivity index (χ2n) is 2.51. The number of nitrogens with one attached hydrogen (secondary N) is 2. The molecule has 0 fully saturated rings. The molecule has 1 heterocycles. The van der Waals surface area contributed by atoms with Crippen LogP contribution in [0.4, 0.5) is 5.95 Å². The lowest BCUT2D eigenvalue weighted by molar-refractivity contribution is 0.736. The van der Waals surface area contributed by atoms with Gasteiger partial charge in [-0.15, -0.1) is 0 Å². The van der Waals surface area contributed by atoms with Crippen molar-refractivity contribution in [2.75, 3.05) is 25.0 Å². The first kappa shape index (κ1) is 10.2. The van der Waals surface area contributed by atoms with Crippen molar-refractivity contribution in [1.29, 1.82) is 0 Å². The Kier molecular flexibility index (Phi) is 4.49. The first-order valence-corrected chi connectivity index (χ1v) is 4.63. The zero-order valence-corrected chi connectivity index (χ0v) is 8.30. The maximum atomic E-state index is 5.63. The third kappa shape index (κ3) is 4.05. The molecular formula is C8H13ClN4. The molecule has 0 aliphatic rings. The van der Waals surface area contributed by atoms with Crippen LogP contribution in [0.15, 0.2) is 12.4 Å². The molecule has 1 rings (SSSR count). The number of aromatic nitrogens is 2. The second kappa shape index (κ2) is 5.72. The third-order valence-corrected chi connectivity index (χ3v) is 1.65. The summed E-state index contributed by atoms with van der Waals surface area (Å²) in [5.41, 5.74) is 0. The summed E-state index contributed by atoms with van der Waals surface area (Å²) in [6.45, 7) is 4.76. The highest BCUT2D eigenvalue weighted by Gasteiger charge is 1.93. The molecule has 0 unspecified atom stereocenters. The van der Waals surface area contributed by atoms with E-state index in [-0.39, 0.29) is 0 Å². The van der Waals surface area contributed by atoms with E-state index in [9.17, 15) is 0 Å². The second-order valence-corrected chi connectivity index (χ2v) is 2.94. The Balaban J connectivity index is 2.25. The number of likely N-dealkylation sites (N-methyl/N-ethyl adjacent to an activating group) is 1. The molecule has 0 bridgehead atoms. The first-order valence-electron chi connectivity index (χ1n) is 4.25. The lowest BCUT2D eigenvalue weighted by Crippen LogP contribution is -2.22. The van der Waals surface area contributed by atoms with Gasteiger partial charge in [0.15, 0.2) is 0 Å². The Labute approximate surface area is 82.7 Å². The Morgan fingerprint density at radius 1 is 1.31 bits per heavy atom. The van der Waals surface area contributed by atoms with Gasteiger partial charge in [0.1, 0.15) is 0 Å². The zero-order valence-electron chi connectivity index (χ0n) is 7.55. The SMILES string of the molecule is CCNCCNc1ncc(Cl)cn1. The number of hydrogen-bond donors (Lipinski definition) is 2. The zero-order chi connectivity index (χ0) is 9.52. The summed E-state index contributed by atoms with van der Waals surface area (Å²) in [7, 11) is 0. The average molecular weight is 201 g/mol. The van der Waals surface area contributed by atoms with Crippen molar-refractivity contribution in [3.63, 3.8) is 0 Å². The van der Waals surface area contributed by atoms with Gasteiger partial charge in [-0.05, 0) is 6.54 Å². The van der Waals surface area contributed by atoms with Crippen molar-refractivity contribution >= 4 is 17.5 Å². The molecule has 5 heteroatoms. The van der Waals surface area contributed by atoms with Gasteiger partial charge in [0, 0.05) is 13.1 Å². The van der Waals surface area contributed by atoms with Gasteiger partial charge in [-0.3, -0.25) is 0 Å². The molecule has 0 saturated carbocycles. The van der Waals surface area contributed by atoms with Crippen LogP contribution in [-0.2, 0) is 0 Å². The van der Waals surface area contributed by atoms with Crippen LogP contribution >= 0.6 is 11.6 Å². The number of nitrogens with zero attached hydrogens (tertiary/aromatic N) is 2. The van der Waals surface area contributed by atoms with Crippen molar-refractivity contribution in [2.24, 2.45) is 0 Å². The van der Waals surface area contributed by atoms with E-state index in [1.54, 1.807) is 12.4 Å². The highest BCUT2D eigenvalue weighted by molar-refractivity contribution is 6.30. The molecule has 0 saturated heterocycles. The number of halogens is 1. The van der Waals surface area contributed by atoms with Crippen LogP contribution in [0.3, 0.4) is 0 Å². The summed E-state index contributed by atoms with van der Waals surface area (Å²) >= 11 is 5.63. The predicted molar refractivity (Wildman–Crippen MR) is 54.1 cm³/mol. The standard InChI is InChI=1S/C8H13ClN4/c1-2-10-3-4-11-8-12-5-7(9)6-13-8/h5-6,10H,2-4H2,1H3,(H,11,12,13). The van der Waals surface area contributed by atoms with E-state index in [1.807, 2.05) is 0 Å². The summed E-state index contributed by atoms with van der Waals surface area (Å²) < 4.78 is 0. The van der Waals surface area contributed by atoms with Crippen molar-refractivity contribution < 1.29 is 0 Å². The van der Waals surface area contributed by atoms with Crippen molar-refractivity contribution in [2.45, 2.75) is 6.92 Å². The molecule has 72 valence electrons. The molecule has 0 aliphatic carbocycles. The number of hydrogen-bond acceptors (Lipinski definition) is 4. The van der Waals surface area contributed by atoms with Crippen molar-refractivity contribution in [1.82, 2.24) is 15.3 Å². The van der Waals surface area contributed by atoms with Gasteiger partial charge < -0.3 is 10.6 Å². The molecular weight excluding hydrogens is 188 g/mol. The minimum atomic E-state index is 0.553. The maximum absolute atomic E-state index is 5.63. The molecule has 0 spiro atoms. The molecule has 13 heavy (non-hydrogen) atoms. The quantitative estimate of drug-likeness (QED) is 0.701. The normalized spacial score (nSPS) is 10.0. The van der Waals surface area contributed by atoms with E-state index in [2.05, 4.69) is 27.5 Å². The number of anilines is 1. The molecule has 0 aromatic carbocycles. The van der Waals surface area contributed by atoms with E-state index in [0.717, 1.165) is 19.6 Å². The first-order chi connectivity index (χ1) is 6.33. The smallest absolute Gasteiger partial charge is 0.222 e. The third-order valence-electron chi connectivity index (χ3n) is 1.46. The molecule has 4 nitrogen and oxygen atoms in total. The fraction of sp³-hybridized carbons (Fsp3) is 0.500. The molecule has 0 aliphatic heterocycles. The van der Waals surface area contributed by atoms with Gasteiger partial charge in [-0.25, -0.2) is 9.97 Å². The van der Waals surface area contributed by atoms with E-state index in [1.165, 1.54) is 0 Å². The summed E-state index contributed by atoms with van der Waals surface area (Å²) in [4.78, 5) is 7.99. The maximum Gasteiger partial charge on any atom is 0.222 e. The average Bonchev–Trinajstić information content (AvgIpc) is 2.15. The van der Waals surface area contributed by atoms with Gasteiger partial charge in [-0.1, -0.05) is 18.5 Å². The Bertz CT molecular complexity index is 236. The fourth-order valence-corrected chi connectivity index (χ4v) is 0.941. The van der Waals surface area contributed by atoms with E-state index in [0.29, 0.717) is 11.0 Å². The largest absolute Gasteiger partial charge is 0.353 e. The highest BCUT2D eigenvalue weighted by Crippen LogP contribution is 2.04. The van der Waals surface area contributed by atoms with Gasteiger partial charge in [0.2, 0.25) is 5.95 Å². The van der Waals surface area contributed by atoms with Crippen LogP contribution in [-0.4, -0.2) is 29.6 Å². The minimum Gasteiger partial charge on any atom is -0.353 e. The van der Waals surface area contributed by atoms with Crippen molar-refractivity contribution in [3.05, 3.63) is 17.4 Å². The van der Waals surface area contributed by atoms with Gasteiger partial charge in [0.25, 0.3) is 0 Å². The summed E-state index contributed by atoms with van der Waals surface area (Å²) in [5, 5.41) is 6.80. The topological polar surface area (TPSA) is 49.8 Å². The Hall–Kier alpha value is -0.870. The van der Waals surface area contributed by atoms with Crippen LogP contribution < -0.4 is 10.6 Å². The Morgan fingerprint density at radius 3 is 2.62 bits per heavy atom. The minimum absolute atomic E-state index is 0.553. The van der Waals surface area contributed by atoms with Crippen LogP contribution in [0.5, 0.6) is 0 Å². The van der Waals surface area contributed by atoms with E-state index in [4.69, 9.17) is 11.6 Å². The fourth-order valence-electron chi connectivity index (χ4n) is 0.843. The molecule has 1 aromatic rings. The van der Waals surface area contributed by atoms with Gasteiger partial charge >= 0.3 is 0 Å². The number of rotatable bonds is 5. The van der Waals surface area contributed by atoms with Crippen LogP contribution in [0.25, 0.3) is 0 Å². The monoisotopic (exact) mass is 200 g/mol. The lowest BCUT2D eigenvalue weighted by atomic mass is 10.6. The van der Waals surface area contributed by atoms with Crippen molar-refractivity contribution in [3.8, 4) is 0 Å². The summed E-state index contributed by atoms with van der Waals surface area (Å²) in [6.07, 6.45) is 3.15. The van der Waals surface area contributed by atoms with E-state index >= 15 is 0 Å². The van der Waals surface area contributed by atoms with Crippen LogP contribution in [0, 0.1) is 0 Å². The Morgan fingerprint density at radius 2 is 2.00 bits per heavy atom. The predicted octanol–water partition coefficient (Wildman–Crippen LogP) is 1.15. The molecule has 1 aromatic heterocycles. The highest BCUT2D eigenvalue weighted by atomic mass is 35.5. The molecule has 0 radical (unpaired) electrons. The van der Waals surface area contributed by atoms with E-state index < -0.39 is 0 Å². The van der Waals surface area contributed by atoms with Crippen LogP contribution in [0.2, 0.25) is 5.02 Å². The van der Waals surface area contributed by atoms with Crippen LogP contribution in [0.1, 0.15) is 6.92 Å². The van der Waals surface area contributed by atoms with Gasteiger partial charge in [0.05, 0.1) is 17.4 Å². The molecule has 0 atom stereocenters.